The molecule has 1 heterocycles. The Morgan fingerprint density at radius 2 is 1.95 bits per heavy atom. The molecule has 5 nitrogen and oxygen atoms in total. The summed E-state index contributed by atoms with van der Waals surface area (Å²) in [5.74, 6) is 1.10. The van der Waals surface area contributed by atoms with Crippen LogP contribution in [0.1, 0.15) is 10.4 Å². The summed E-state index contributed by atoms with van der Waals surface area (Å²) in [6.07, 6.45) is 1.61. The molecule has 5 heteroatoms. The van der Waals surface area contributed by atoms with E-state index in [1.807, 2.05) is 0 Å². The standard InChI is InChI=1S/C14H14N2O3/c1-18-11-7-5-6-10(13(11)19-2)14(17)16-12-8-3-4-9-15-12/h3-9H,1-2H3,(H,15,16,17). The third kappa shape index (κ3) is 2.82. The van der Waals surface area contributed by atoms with Crippen molar-refractivity contribution in [3.63, 3.8) is 0 Å². The van der Waals surface area contributed by atoms with Crippen LogP contribution in [0, 0.1) is 0 Å². The maximum atomic E-state index is 12.2. The summed E-state index contributed by atoms with van der Waals surface area (Å²) in [4.78, 5) is 16.2. The van der Waals surface area contributed by atoms with Gasteiger partial charge in [-0.1, -0.05) is 12.1 Å². The number of hydrogen-bond acceptors (Lipinski definition) is 4. The maximum absolute atomic E-state index is 12.2. The largest absolute Gasteiger partial charge is 0.493 e. The molecule has 0 radical (unpaired) electrons. The molecule has 0 spiro atoms. The normalized spacial score (nSPS) is 9.79. The lowest BCUT2D eigenvalue weighted by Crippen LogP contribution is -2.14. The predicted molar refractivity (Wildman–Crippen MR) is 71.7 cm³/mol. The zero-order chi connectivity index (χ0) is 13.7. The van der Waals surface area contributed by atoms with E-state index < -0.39 is 0 Å². The van der Waals surface area contributed by atoms with Gasteiger partial charge < -0.3 is 14.8 Å². The van der Waals surface area contributed by atoms with Crippen LogP contribution >= 0.6 is 0 Å². The van der Waals surface area contributed by atoms with Gasteiger partial charge in [0.2, 0.25) is 0 Å². The molecule has 1 amide bonds. The second kappa shape index (κ2) is 5.86. The molecule has 1 aromatic heterocycles. The molecule has 1 aromatic carbocycles. The van der Waals surface area contributed by atoms with E-state index in [4.69, 9.17) is 9.47 Å². The fourth-order valence-electron chi connectivity index (χ4n) is 1.69. The van der Waals surface area contributed by atoms with Crippen molar-refractivity contribution in [2.75, 3.05) is 19.5 Å². The number of rotatable bonds is 4. The molecule has 0 aliphatic heterocycles. The minimum absolute atomic E-state index is 0.297. The first kappa shape index (κ1) is 12.9. The molecule has 0 aliphatic rings. The van der Waals surface area contributed by atoms with Crippen molar-refractivity contribution < 1.29 is 14.3 Å². The summed E-state index contributed by atoms with van der Waals surface area (Å²) >= 11 is 0. The third-order valence-corrected chi connectivity index (χ3v) is 2.55. The van der Waals surface area contributed by atoms with Crippen LogP contribution < -0.4 is 14.8 Å². The van der Waals surface area contributed by atoms with E-state index in [1.54, 1.807) is 42.6 Å². The number of anilines is 1. The van der Waals surface area contributed by atoms with Gasteiger partial charge in [-0.15, -0.1) is 0 Å². The number of benzene rings is 1. The molecule has 2 rings (SSSR count). The Morgan fingerprint density at radius 1 is 1.11 bits per heavy atom. The average Bonchev–Trinajstić information content (AvgIpc) is 2.47. The average molecular weight is 258 g/mol. The maximum Gasteiger partial charge on any atom is 0.260 e. The van der Waals surface area contributed by atoms with E-state index >= 15 is 0 Å². The number of para-hydroxylation sites is 1. The molecule has 2 aromatic rings. The Bertz CT molecular complexity index is 570. The molecular weight excluding hydrogens is 244 g/mol. The molecule has 98 valence electrons. The van der Waals surface area contributed by atoms with Crippen LogP contribution in [0.3, 0.4) is 0 Å². The van der Waals surface area contributed by atoms with Gasteiger partial charge in [0.1, 0.15) is 5.82 Å². The topological polar surface area (TPSA) is 60.5 Å². The lowest BCUT2D eigenvalue weighted by Gasteiger charge is -2.12. The first-order chi connectivity index (χ1) is 9.26. The summed E-state index contributed by atoms with van der Waals surface area (Å²) in [5.41, 5.74) is 0.396. The van der Waals surface area contributed by atoms with Crippen molar-refractivity contribution in [3.8, 4) is 11.5 Å². The van der Waals surface area contributed by atoms with E-state index in [9.17, 15) is 4.79 Å². The summed E-state index contributed by atoms with van der Waals surface area (Å²) in [6, 6.07) is 10.4. The van der Waals surface area contributed by atoms with Crippen LogP contribution in [0.25, 0.3) is 0 Å². The number of methoxy groups -OCH3 is 2. The van der Waals surface area contributed by atoms with Crippen LogP contribution in [-0.2, 0) is 0 Å². The minimum Gasteiger partial charge on any atom is -0.493 e. The quantitative estimate of drug-likeness (QED) is 0.914. The Labute approximate surface area is 111 Å². The Kier molecular flexibility index (Phi) is 3.97. The highest BCUT2D eigenvalue weighted by Crippen LogP contribution is 2.30. The highest BCUT2D eigenvalue weighted by Gasteiger charge is 2.16. The van der Waals surface area contributed by atoms with Gasteiger partial charge in [-0.05, 0) is 24.3 Å². The second-order valence-corrected chi connectivity index (χ2v) is 3.71. The van der Waals surface area contributed by atoms with Crippen LogP contribution in [-0.4, -0.2) is 25.1 Å². The monoisotopic (exact) mass is 258 g/mol. The number of aromatic nitrogens is 1. The SMILES string of the molecule is COc1cccc(C(=O)Nc2ccccn2)c1OC. The number of amides is 1. The number of carbonyl (C=O) groups excluding carboxylic acids is 1. The van der Waals surface area contributed by atoms with Crippen molar-refractivity contribution in [2.24, 2.45) is 0 Å². The van der Waals surface area contributed by atoms with Crippen LogP contribution in [0.15, 0.2) is 42.6 Å². The first-order valence-electron chi connectivity index (χ1n) is 5.69. The van der Waals surface area contributed by atoms with E-state index in [0.717, 1.165) is 0 Å². The molecule has 0 bridgehead atoms. The number of hydrogen-bond donors (Lipinski definition) is 1. The Hall–Kier alpha value is -2.56. The zero-order valence-corrected chi connectivity index (χ0v) is 10.7. The lowest BCUT2D eigenvalue weighted by atomic mass is 10.1. The highest BCUT2D eigenvalue weighted by atomic mass is 16.5. The molecule has 0 unspecified atom stereocenters. The molecule has 19 heavy (non-hydrogen) atoms. The fraction of sp³-hybridized carbons (Fsp3) is 0.143. The smallest absolute Gasteiger partial charge is 0.260 e. The molecular formula is C14H14N2O3. The highest BCUT2D eigenvalue weighted by molar-refractivity contribution is 6.06. The van der Waals surface area contributed by atoms with Gasteiger partial charge >= 0.3 is 0 Å². The Balaban J connectivity index is 2.29. The van der Waals surface area contributed by atoms with Crippen molar-refractivity contribution in [1.82, 2.24) is 4.98 Å². The third-order valence-electron chi connectivity index (χ3n) is 2.55. The summed E-state index contributed by atoms with van der Waals surface area (Å²) in [7, 11) is 3.02. The van der Waals surface area contributed by atoms with Gasteiger partial charge in [0.25, 0.3) is 5.91 Å². The predicted octanol–water partition coefficient (Wildman–Crippen LogP) is 2.35. The van der Waals surface area contributed by atoms with E-state index in [0.29, 0.717) is 22.9 Å². The number of pyridine rings is 1. The van der Waals surface area contributed by atoms with Gasteiger partial charge in [-0.3, -0.25) is 4.79 Å². The van der Waals surface area contributed by atoms with Crippen LogP contribution in [0.5, 0.6) is 11.5 Å². The van der Waals surface area contributed by atoms with Crippen molar-refractivity contribution in [1.29, 1.82) is 0 Å². The first-order valence-corrected chi connectivity index (χ1v) is 5.69. The molecule has 0 fully saturated rings. The van der Waals surface area contributed by atoms with E-state index in [-0.39, 0.29) is 5.91 Å². The van der Waals surface area contributed by atoms with E-state index in [2.05, 4.69) is 10.3 Å². The number of ether oxygens (including phenoxy) is 2. The van der Waals surface area contributed by atoms with Gasteiger partial charge in [-0.25, -0.2) is 4.98 Å². The van der Waals surface area contributed by atoms with Crippen molar-refractivity contribution >= 4 is 11.7 Å². The number of nitrogens with one attached hydrogen (secondary N) is 1. The minimum atomic E-state index is -0.297. The molecule has 0 aliphatic carbocycles. The van der Waals surface area contributed by atoms with Gasteiger partial charge in [0.05, 0.1) is 19.8 Å². The fourth-order valence-corrected chi connectivity index (χ4v) is 1.69. The molecule has 0 saturated heterocycles. The van der Waals surface area contributed by atoms with Crippen LogP contribution in [0.4, 0.5) is 5.82 Å². The molecule has 0 saturated carbocycles. The lowest BCUT2D eigenvalue weighted by molar-refractivity contribution is 0.102. The van der Waals surface area contributed by atoms with E-state index in [1.165, 1.54) is 14.2 Å². The zero-order valence-electron chi connectivity index (χ0n) is 10.7. The van der Waals surface area contributed by atoms with Crippen LogP contribution in [0.2, 0.25) is 0 Å². The van der Waals surface area contributed by atoms with Gasteiger partial charge in [-0.2, -0.15) is 0 Å². The van der Waals surface area contributed by atoms with Crippen molar-refractivity contribution in [3.05, 3.63) is 48.2 Å². The number of nitrogens with zero attached hydrogens (tertiary/aromatic N) is 1. The Morgan fingerprint density at radius 3 is 2.58 bits per heavy atom. The van der Waals surface area contributed by atoms with Gasteiger partial charge in [0, 0.05) is 6.20 Å². The summed E-state index contributed by atoms with van der Waals surface area (Å²) in [5, 5.41) is 2.70. The summed E-state index contributed by atoms with van der Waals surface area (Å²) < 4.78 is 10.4. The number of carbonyl (C=O) groups is 1. The summed E-state index contributed by atoms with van der Waals surface area (Å²) in [6.45, 7) is 0. The second-order valence-electron chi connectivity index (χ2n) is 3.71. The molecule has 0 atom stereocenters. The van der Waals surface area contributed by atoms with Crippen molar-refractivity contribution in [2.45, 2.75) is 0 Å². The van der Waals surface area contributed by atoms with Gasteiger partial charge in [0.15, 0.2) is 11.5 Å². The molecule has 1 N–H and O–H groups in total.